The van der Waals surface area contributed by atoms with Crippen LogP contribution < -0.4 is 5.69 Å². The number of aryl methyl sites for hydroxylation is 2. The summed E-state index contributed by atoms with van der Waals surface area (Å²) in [5.74, 6) is -0.416. The minimum atomic E-state index is -0.446. The second kappa shape index (κ2) is 6.69. The molecule has 30 heavy (non-hydrogen) atoms. The van der Waals surface area contributed by atoms with Crippen molar-refractivity contribution in [2.24, 2.45) is 7.05 Å². The second-order valence-electron chi connectivity index (χ2n) is 7.37. The number of halogens is 2. The average Bonchev–Trinajstić information content (AvgIpc) is 3.35. The number of hydrogen-bond acceptors (Lipinski definition) is 2. The van der Waals surface area contributed by atoms with Gasteiger partial charge >= 0.3 is 5.69 Å². The van der Waals surface area contributed by atoms with Gasteiger partial charge in [0.2, 0.25) is 0 Å². The summed E-state index contributed by atoms with van der Waals surface area (Å²) in [5.41, 5.74) is 2.33. The summed E-state index contributed by atoms with van der Waals surface area (Å²) < 4.78 is 33.3. The quantitative estimate of drug-likeness (QED) is 0.481. The Morgan fingerprint density at radius 1 is 1.00 bits per heavy atom. The van der Waals surface area contributed by atoms with Crippen molar-refractivity contribution < 1.29 is 8.78 Å². The Morgan fingerprint density at radius 3 is 2.43 bits per heavy atom. The van der Waals surface area contributed by atoms with Gasteiger partial charge in [-0.05, 0) is 42.8 Å². The van der Waals surface area contributed by atoms with Gasteiger partial charge in [-0.15, -0.1) is 0 Å². The van der Waals surface area contributed by atoms with E-state index in [9.17, 15) is 13.6 Å². The summed E-state index contributed by atoms with van der Waals surface area (Å²) in [5, 5.41) is 7.97. The van der Waals surface area contributed by atoms with Gasteiger partial charge in [0.25, 0.3) is 0 Å². The molecule has 5 aromatic rings. The number of hydrogen-bond donors (Lipinski definition) is 1. The Balaban J connectivity index is 1.83. The first kappa shape index (κ1) is 18.4. The zero-order valence-electron chi connectivity index (χ0n) is 16.5. The number of nitrogens with one attached hydrogen (secondary N) is 1. The van der Waals surface area contributed by atoms with Crippen LogP contribution in [0.15, 0.2) is 53.6 Å². The minimum absolute atomic E-state index is 0.344. The van der Waals surface area contributed by atoms with Gasteiger partial charge in [-0.2, -0.15) is 5.10 Å². The predicted molar refractivity (Wildman–Crippen MR) is 112 cm³/mol. The van der Waals surface area contributed by atoms with E-state index >= 15 is 0 Å². The van der Waals surface area contributed by atoms with Crippen molar-refractivity contribution in [2.75, 3.05) is 0 Å². The minimum Gasteiger partial charge on any atom is -0.350 e. The summed E-state index contributed by atoms with van der Waals surface area (Å²) in [4.78, 5) is 12.8. The molecule has 6 nitrogen and oxygen atoms in total. The highest BCUT2D eigenvalue weighted by molar-refractivity contribution is 5.96. The van der Waals surface area contributed by atoms with Gasteiger partial charge in [0.05, 0.1) is 11.2 Å². The van der Waals surface area contributed by atoms with Crippen LogP contribution in [0.4, 0.5) is 8.78 Å². The van der Waals surface area contributed by atoms with Gasteiger partial charge in [-0.3, -0.25) is 0 Å². The zero-order chi connectivity index (χ0) is 21.0. The van der Waals surface area contributed by atoms with E-state index in [1.165, 1.54) is 28.8 Å². The van der Waals surface area contributed by atoms with E-state index in [0.717, 1.165) is 24.0 Å². The molecule has 0 radical (unpaired) electrons. The molecular formula is C22H19F2N5O. The molecule has 3 aromatic heterocycles. The van der Waals surface area contributed by atoms with Crippen LogP contribution in [0.1, 0.15) is 13.3 Å². The van der Waals surface area contributed by atoms with Crippen LogP contribution in [0.2, 0.25) is 0 Å². The van der Waals surface area contributed by atoms with E-state index in [-0.39, 0.29) is 11.6 Å². The van der Waals surface area contributed by atoms with E-state index in [1.807, 2.05) is 28.6 Å². The molecule has 0 aliphatic heterocycles. The van der Waals surface area contributed by atoms with E-state index in [2.05, 4.69) is 17.1 Å². The molecule has 152 valence electrons. The molecule has 0 amide bonds. The molecule has 0 spiro atoms. The van der Waals surface area contributed by atoms with Crippen molar-refractivity contribution in [1.82, 2.24) is 23.9 Å². The summed E-state index contributed by atoms with van der Waals surface area (Å²) in [6.45, 7) is 2.78. The monoisotopic (exact) mass is 407 g/mol. The Bertz CT molecular complexity index is 1470. The van der Waals surface area contributed by atoms with Crippen molar-refractivity contribution >= 4 is 21.8 Å². The van der Waals surface area contributed by atoms with Gasteiger partial charge in [0.15, 0.2) is 5.82 Å². The van der Waals surface area contributed by atoms with Crippen molar-refractivity contribution in [2.45, 2.75) is 19.9 Å². The van der Waals surface area contributed by atoms with Crippen molar-refractivity contribution in [3.8, 4) is 17.1 Å². The third-order valence-electron chi connectivity index (χ3n) is 5.39. The lowest BCUT2D eigenvalue weighted by Crippen LogP contribution is -2.15. The molecule has 0 bridgehead atoms. The number of H-pyrrole nitrogens is 1. The molecule has 0 fully saturated rings. The Kier molecular flexibility index (Phi) is 4.09. The van der Waals surface area contributed by atoms with Crippen molar-refractivity contribution in [3.05, 3.63) is 70.9 Å². The highest BCUT2D eigenvalue weighted by atomic mass is 19.1. The lowest BCUT2D eigenvalue weighted by Gasteiger charge is -2.04. The molecular weight excluding hydrogens is 388 g/mol. The fraction of sp³-hybridized carbons (Fsp3) is 0.182. The first-order chi connectivity index (χ1) is 14.5. The van der Waals surface area contributed by atoms with Crippen LogP contribution in [0.3, 0.4) is 0 Å². The maximum absolute atomic E-state index is 14.1. The largest absolute Gasteiger partial charge is 0.350 e. The lowest BCUT2D eigenvalue weighted by atomic mass is 10.1. The van der Waals surface area contributed by atoms with E-state index in [4.69, 9.17) is 0 Å². The third kappa shape index (κ3) is 2.67. The van der Waals surface area contributed by atoms with E-state index < -0.39 is 5.69 Å². The Morgan fingerprint density at radius 2 is 1.70 bits per heavy atom. The molecule has 3 heterocycles. The number of aromatic nitrogens is 5. The summed E-state index contributed by atoms with van der Waals surface area (Å²) in [6, 6.07) is 9.04. The number of aromatic amines is 1. The van der Waals surface area contributed by atoms with Crippen LogP contribution in [-0.2, 0) is 13.6 Å². The van der Waals surface area contributed by atoms with Crippen LogP contribution in [0, 0.1) is 11.6 Å². The molecule has 1 N–H and O–H groups in total. The summed E-state index contributed by atoms with van der Waals surface area (Å²) in [7, 11) is 1.85. The number of fused-ring (bicyclic) bond motifs is 2. The Hall–Kier alpha value is -3.68. The van der Waals surface area contributed by atoms with Crippen molar-refractivity contribution in [3.63, 3.8) is 0 Å². The normalized spacial score (nSPS) is 11.7. The van der Waals surface area contributed by atoms with Gasteiger partial charge < -0.3 is 9.13 Å². The number of benzene rings is 2. The summed E-state index contributed by atoms with van der Waals surface area (Å²) in [6.07, 6.45) is 4.53. The van der Waals surface area contributed by atoms with Crippen LogP contribution >= 0.6 is 0 Å². The maximum atomic E-state index is 14.1. The van der Waals surface area contributed by atoms with E-state index in [0.29, 0.717) is 27.8 Å². The SMILES string of the molecule is CCCn1cc(-n2c(-c3cn(C)c4ccc(F)cc34)n[nH]c2=O)c2cc(F)ccc21. The molecule has 0 atom stereocenters. The first-order valence-electron chi connectivity index (χ1n) is 9.69. The highest BCUT2D eigenvalue weighted by Gasteiger charge is 2.21. The molecule has 0 saturated heterocycles. The van der Waals surface area contributed by atoms with Crippen LogP contribution in [-0.4, -0.2) is 23.9 Å². The van der Waals surface area contributed by atoms with Gasteiger partial charge in [-0.1, -0.05) is 6.92 Å². The molecule has 0 aliphatic rings. The Labute approximate surface area is 170 Å². The predicted octanol–water partition coefficient (Wildman–Crippen LogP) is 4.36. The fourth-order valence-corrected chi connectivity index (χ4v) is 4.10. The zero-order valence-corrected chi connectivity index (χ0v) is 16.5. The van der Waals surface area contributed by atoms with Crippen molar-refractivity contribution in [1.29, 1.82) is 0 Å². The molecule has 2 aromatic carbocycles. The highest BCUT2D eigenvalue weighted by Crippen LogP contribution is 2.32. The number of rotatable bonds is 4. The van der Waals surface area contributed by atoms with Gasteiger partial charge in [0, 0.05) is 47.8 Å². The van der Waals surface area contributed by atoms with Gasteiger partial charge in [-0.25, -0.2) is 23.2 Å². The lowest BCUT2D eigenvalue weighted by molar-refractivity contribution is 0.629. The van der Waals surface area contributed by atoms with Crippen LogP contribution in [0.25, 0.3) is 38.9 Å². The first-order valence-corrected chi connectivity index (χ1v) is 9.69. The molecule has 5 rings (SSSR count). The number of nitrogens with zero attached hydrogens (tertiary/aromatic N) is 4. The molecule has 0 aliphatic carbocycles. The van der Waals surface area contributed by atoms with E-state index in [1.54, 1.807) is 12.1 Å². The molecule has 8 heteroatoms. The maximum Gasteiger partial charge on any atom is 0.348 e. The second-order valence-corrected chi connectivity index (χ2v) is 7.37. The third-order valence-corrected chi connectivity index (χ3v) is 5.39. The van der Waals surface area contributed by atoms with Gasteiger partial charge in [0.1, 0.15) is 11.6 Å². The molecule has 0 saturated carbocycles. The fourth-order valence-electron chi connectivity index (χ4n) is 4.10. The molecule has 0 unspecified atom stereocenters. The average molecular weight is 407 g/mol. The standard InChI is InChI=1S/C22H19F2N5O/c1-3-8-28-12-20(16-10-14(24)5-7-19(16)28)29-21(25-26-22(29)30)17-11-27(2)18-6-4-13(23)9-15(17)18/h4-7,9-12H,3,8H2,1-2H3,(H,26,30). The smallest absolute Gasteiger partial charge is 0.348 e. The topological polar surface area (TPSA) is 60.5 Å². The summed E-state index contributed by atoms with van der Waals surface area (Å²) >= 11 is 0. The van der Waals surface area contributed by atoms with Crippen LogP contribution in [0.5, 0.6) is 0 Å².